The highest BCUT2D eigenvalue weighted by molar-refractivity contribution is 8.00. The largest absolute Gasteiger partial charge is 0.270 e. The number of hydrogen-bond donors (Lipinski definition) is 0. The standard InChI is InChI=1S/C17H12Cl2N4S/c1-11(10-20)24-17-22-21-16(14-8-7-12(18)9-15(14)19)23(17)13-5-3-2-4-6-13/h2-9,11H,1H3. The topological polar surface area (TPSA) is 54.5 Å². The van der Waals surface area contributed by atoms with Crippen molar-refractivity contribution in [3.63, 3.8) is 0 Å². The van der Waals surface area contributed by atoms with Crippen LogP contribution in [0.25, 0.3) is 17.1 Å². The summed E-state index contributed by atoms with van der Waals surface area (Å²) in [5.74, 6) is 0.607. The molecule has 0 spiro atoms. The Kier molecular flexibility index (Phi) is 5.10. The summed E-state index contributed by atoms with van der Waals surface area (Å²) >= 11 is 13.7. The number of halogens is 2. The van der Waals surface area contributed by atoms with Crippen LogP contribution in [0.4, 0.5) is 0 Å². The molecule has 0 aliphatic rings. The van der Waals surface area contributed by atoms with Gasteiger partial charge in [0.2, 0.25) is 0 Å². The van der Waals surface area contributed by atoms with Crippen LogP contribution in [0.2, 0.25) is 10.0 Å². The Morgan fingerprint density at radius 1 is 1.12 bits per heavy atom. The molecule has 1 atom stereocenters. The number of rotatable bonds is 4. The SMILES string of the molecule is CC(C#N)Sc1nnc(-c2ccc(Cl)cc2Cl)n1-c1ccccc1. The maximum absolute atomic E-state index is 9.09. The summed E-state index contributed by atoms with van der Waals surface area (Å²) < 4.78 is 1.90. The third kappa shape index (κ3) is 3.41. The average molecular weight is 375 g/mol. The predicted octanol–water partition coefficient (Wildman–Crippen LogP) is 5.25. The molecule has 0 fully saturated rings. The molecule has 24 heavy (non-hydrogen) atoms. The van der Waals surface area contributed by atoms with Gasteiger partial charge < -0.3 is 0 Å². The van der Waals surface area contributed by atoms with Gasteiger partial charge in [-0.2, -0.15) is 5.26 Å². The Morgan fingerprint density at radius 2 is 1.88 bits per heavy atom. The first-order valence-electron chi connectivity index (χ1n) is 7.12. The van der Waals surface area contributed by atoms with E-state index < -0.39 is 0 Å². The minimum atomic E-state index is -0.245. The zero-order chi connectivity index (χ0) is 17.1. The van der Waals surface area contributed by atoms with Gasteiger partial charge in [-0.15, -0.1) is 10.2 Å². The van der Waals surface area contributed by atoms with E-state index in [2.05, 4.69) is 16.3 Å². The average Bonchev–Trinajstić information content (AvgIpc) is 2.98. The van der Waals surface area contributed by atoms with Crippen LogP contribution in [0.15, 0.2) is 53.7 Å². The van der Waals surface area contributed by atoms with Crippen molar-refractivity contribution in [3.05, 3.63) is 58.6 Å². The molecule has 0 aliphatic carbocycles. The molecular weight excluding hydrogens is 363 g/mol. The van der Waals surface area contributed by atoms with Crippen molar-refractivity contribution in [1.29, 1.82) is 5.26 Å². The van der Waals surface area contributed by atoms with Crippen molar-refractivity contribution in [2.24, 2.45) is 0 Å². The summed E-state index contributed by atoms with van der Waals surface area (Å²) in [6.07, 6.45) is 0. The van der Waals surface area contributed by atoms with E-state index in [0.29, 0.717) is 21.0 Å². The second kappa shape index (κ2) is 7.27. The van der Waals surface area contributed by atoms with Crippen LogP contribution < -0.4 is 0 Å². The second-order valence-electron chi connectivity index (χ2n) is 4.99. The number of aromatic nitrogens is 3. The molecule has 0 bridgehead atoms. The summed E-state index contributed by atoms with van der Waals surface area (Å²) in [4.78, 5) is 0. The molecular formula is C17H12Cl2N4S. The van der Waals surface area contributed by atoms with Crippen LogP contribution in [-0.4, -0.2) is 20.0 Å². The van der Waals surface area contributed by atoms with Gasteiger partial charge in [-0.25, -0.2) is 0 Å². The van der Waals surface area contributed by atoms with E-state index in [0.717, 1.165) is 11.3 Å². The quantitative estimate of drug-likeness (QED) is 0.585. The lowest BCUT2D eigenvalue weighted by Crippen LogP contribution is -2.02. The number of hydrogen-bond acceptors (Lipinski definition) is 4. The summed E-state index contributed by atoms with van der Waals surface area (Å²) in [5.41, 5.74) is 1.63. The summed E-state index contributed by atoms with van der Waals surface area (Å²) in [7, 11) is 0. The van der Waals surface area contributed by atoms with Gasteiger partial charge >= 0.3 is 0 Å². The molecule has 0 N–H and O–H groups in total. The fraction of sp³-hybridized carbons (Fsp3) is 0.118. The molecule has 120 valence electrons. The molecule has 0 saturated carbocycles. The number of thioether (sulfide) groups is 1. The first-order chi connectivity index (χ1) is 11.6. The maximum atomic E-state index is 9.09. The van der Waals surface area contributed by atoms with Crippen LogP contribution in [0, 0.1) is 11.3 Å². The van der Waals surface area contributed by atoms with Gasteiger partial charge in [-0.3, -0.25) is 4.57 Å². The number of nitriles is 1. The minimum Gasteiger partial charge on any atom is -0.270 e. The van der Waals surface area contributed by atoms with E-state index in [1.807, 2.05) is 47.9 Å². The zero-order valence-corrected chi connectivity index (χ0v) is 15.0. The first kappa shape index (κ1) is 16.8. The molecule has 0 radical (unpaired) electrons. The summed E-state index contributed by atoms with van der Waals surface area (Å²) in [6.45, 7) is 1.82. The van der Waals surface area contributed by atoms with Crippen molar-refractivity contribution in [1.82, 2.24) is 14.8 Å². The maximum Gasteiger partial charge on any atom is 0.197 e. The van der Waals surface area contributed by atoms with Crippen LogP contribution in [-0.2, 0) is 0 Å². The molecule has 4 nitrogen and oxygen atoms in total. The van der Waals surface area contributed by atoms with Crippen molar-refractivity contribution < 1.29 is 0 Å². The van der Waals surface area contributed by atoms with Crippen molar-refractivity contribution in [2.45, 2.75) is 17.3 Å². The summed E-state index contributed by atoms with van der Waals surface area (Å²) in [6, 6.07) is 17.2. The molecule has 3 rings (SSSR count). The Balaban J connectivity index is 2.18. The lowest BCUT2D eigenvalue weighted by Gasteiger charge is -2.11. The van der Waals surface area contributed by atoms with Gasteiger partial charge in [0.25, 0.3) is 0 Å². The van der Waals surface area contributed by atoms with Gasteiger partial charge in [0, 0.05) is 16.3 Å². The molecule has 0 amide bonds. The zero-order valence-electron chi connectivity index (χ0n) is 12.6. The lowest BCUT2D eigenvalue weighted by molar-refractivity contribution is 0.883. The normalized spacial score (nSPS) is 11.9. The summed E-state index contributed by atoms with van der Waals surface area (Å²) in [5, 5.41) is 19.1. The third-order valence-electron chi connectivity index (χ3n) is 3.28. The molecule has 2 aromatic carbocycles. The fourth-order valence-electron chi connectivity index (χ4n) is 2.19. The highest BCUT2D eigenvalue weighted by Gasteiger charge is 2.19. The predicted molar refractivity (Wildman–Crippen MR) is 97.7 cm³/mol. The van der Waals surface area contributed by atoms with Crippen LogP contribution >= 0.6 is 35.0 Å². The highest BCUT2D eigenvalue weighted by Crippen LogP contribution is 2.34. The van der Waals surface area contributed by atoms with Crippen molar-refractivity contribution in [2.75, 3.05) is 0 Å². The van der Waals surface area contributed by atoms with Crippen LogP contribution in [0.1, 0.15) is 6.92 Å². The van der Waals surface area contributed by atoms with Crippen LogP contribution in [0.5, 0.6) is 0 Å². The van der Waals surface area contributed by atoms with E-state index in [1.54, 1.807) is 12.1 Å². The highest BCUT2D eigenvalue weighted by atomic mass is 35.5. The van der Waals surface area contributed by atoms with Crippen LogP contribution in [0.3, 0.4) is 0 Å². The molecule has 1 heterocycles. The Bertz CT molecular complexity index is 903. The van der Waals surface area contributed by atoms with E-state index in [4.69, 9.17) is 28.5 Å². The molecule has 7 heteroatoms. The first-order valence-corrected chi connectivity index (χ1v) is 8.76. The van der Waals surface area contributed by atoms with Crippen molar-refractivity contribution >= 4 is 35.0 Å². The lowest BCUT2D eigenvalue weighted by atomic mass is 10.2. The van der Waals surface area contributed by atoms with E-state index in [9.17, 15) is 0 Å². The van der Waals surface area contributed by atoms with E-state index >= 15 is 0 Å². The molecule has 0 aliphatic heterocycles. The van der Waals surface area contributed by atoms with Gasteiger partial charge in [0.15, 0.2) is 11.0 Å². The van der Waals surface area contributed by atoms with Crippen molar-refractivity contribution in [3.8, 4) is 23.1 Å². The van der Waals surface area contributed by atoms with Gasteiger partial charge in [-0.05, 0) is 37.3 Å². The number of benzene rings is 2. The second-order valence-corrected chi connectivity index (χ2v) is 7.14. The Hall–Kier alpha value is -2.00. The van der Waals surface area contributed by atoms with Gasteiger partial charge in [0.1, 0.15) is 0 Å². The monoisotopic (exact) mass is 374 g/mol. The number of nitrogens with zero attached hydrogens (tertiary/aromatic N) is 4. The van der Waals surface area contributed by atoms with E-state index in [1.165, 1.54) is 11.8 Å². The van der Waals surface area contributed by atoms with E-state index in [-0.39, 0.29) is 5.25 Å². The Morgan fingerprint density at radius 3 is 2.54 bits per heavy atom. The smallest absolute Gasteiger partial charge is 0.197 e. The number of para-hydroxylation sites is 1. The Labute approximate surface area is 154 Å². The minimum absolute atomic E-state index is 0.245. The fourth-order valence-corrected chi connectivity index (χ4v) is 3.43. The third-order valence-corrected chi connectivity index (χ3v) is 4.77. The molecule has 0 saturated heterocycles. The molecule has 1 aromatic heterocycles. The molecule has 1 unspecified atom stereocenters. The van der Waals surface area contributed by atoms with Gasteiger partial charge in [-0.1, -0.05) is 53.2 Å². The van der Waals surface area contributed by atoms with Gasteiger partial charge in [0.05, 0.1) is 16.3 Å². The molecule has 3 aromatic rings.